The van der Waals surface area contributed by atoms with Gasteiger partial charge >= 0.3 is 0 Å². The third kappa shape index (κ3) is 2.06. The molecule has 1 aromatic heterocycles. The van der Waals surface area contributed by atoms with Gasteiger partial charge in [-0.3, -0.25) is 4.98 Å². The van der Waals surface area contributed by atoms with Crippen molar-refractivity contribution < 1.29 is 0 Å². The van der Waals surface area contributed by atoms with Crippen molar-refractivity contribution in [2.24, 2.45) is 5.92 Å². The zero-order valence-electron chi connectivity index (χ0n) is 8.96. The lowest BCUT2D eigenvalue weighted by molar-refractivity contribution is 0.309. The summed E-state index contributed by atoms with van der Waals surface area (Å²) >= 11 is 0. The van der Waals surface area contributed by atoms with Crippen molar-refractivity contribution in [3.8, 4) is 0 Å². The van der Waals surface area contributed by atoms with Crippen molar-refractivity contribution in [1.29, 1.82) is 0 Å². The monoisotopic (exact) mass is 190 g/mol. The second-order valence-corrected chi connectivity index (χ2v) is 4.31. The molecule has 0 spiro atoms. The maximum Gasteiger partial charge on any atom is 0.0421 e. The summed E-state index contributed by atoms with van der Waals surface area (Å²) in [5.74, 6) is 0.903. The summed E-state index contributed by atoms with van der Waals surface area (Å²) in [4.78, 5) is 4.28. The maximum atomic E-state index is 4.28. The van der Waals surface area contributed by atoms with E-state index in [-0.39, 0.29) is 0 Å². The van der Waals surface area contributed by atoms with Gasteiger partial charge in [0.25, 0.3) is 0 Å². The van der Waals surface area contributed by atoms with Crippen LogP contribution in [-0.2, 0) is 6.42 Å². The first-order chi connectivity index (χ1) is 6.78. The molecular weight excluding hydrogens is 172 g/mol. The molecule has 14 heavy (non-hydrogen) atoms. The Morgan fingerprint density at radius 2 is 2.29 bits per heavy atom. The molecule has 0 aliphatic heterocycles. The van der Waals surface area contributed by atoms with Gasteiger partial charge in [-0.15, -0.1) is 0 Å². The summed E-state index contributed by atoms with van der Waals surface area (Å²) in [6.45, 7) is 4.44. The molecule has 0 bridgehead atoms. The first-order valence-electron chi connectivity index (χ1n) is 5.49. The molecule has 1 aromatic rings. The van der Waals surface area contributed by atoms with Crippen LogP contribution in [0.4, 0.5) is 5.69 Å². The SMILES string of the molecule is CCc1cc(NC2CC(C)C2)ccn1. The van der Waals surface area contributed by atoms with Gasteiger partial charge in [0.1, 0.15) is 0 Å². The lowest BCUT2D eigenvalue weighted by Crippen LogP contribution is -2.33. The van der Waals surface area contributed by atoms with Crippen LogP contribution in [0, 0.1) is 5.92 Å². The molecule has 2 rings (SSSR count). The Balaban J connectivity index is 1.95. The first-order valence-corrected chi connectivity index (χ1v) is 5.49. The number of hydrogen-bond donors (Lipinski definition) is 1. The van der Waals surface area contributed by atoms with Gasteiger partial charge in [-0.25, -0.2) is 0 Å². The molecule has 0 radical (unpaired) electrons. The molecule has 76 valence electrons. The number of rotatable bonds is 3. The van der Waals surface area contributed by atoms with E-state index in [1.165, 1.54) is 24.2 Å². The molecule has 1 aliphatic rings. The summed E-state index contributed by atoms with van der Waals surface area (Å²) in [5, 5.41) is 3.54. The molecule has 0 aromatic carbocycles. The van der Waals surface area contributed by atoms with Crippen LogP contribution in [0.15, 0.2) is 18.3 Å². The van der Waals surface area contributed by atoms with Gasteiger partial charge < -0.3 is 5.32 Å². The van der Waals surface area contributed by atoms with Gasteiger partial charge in [-0.05, 0) is 37.3 Å². The highest BCUT2D eigenvalue weighted by Crippen LogP contribution is 2.29. The van der Waals surface area contributed by atoms with E-state index in [0.717, 1.165) is 12.3 Å². The Labute approximate surface area is 85.7 Å². The van der Waals surface area contributed by atoms with Crippen LogP contribution in [0.3, 0.4) is 0 Å². The molecule has 0 amide bonds. The summed E-state index contributed by atoms with van der Waals surface area (Å²) in [6, 6.07) is 4.91. The second-order valence-electron chi connectivity index (χ2n) is 4.31. The van der Waals surface area contributed by atoms with Gasteiger partial charge in [-0.2, -0.15) is 0 Å². The Morgan fingerprint density at radius 3 is 2.93 bits per heavy atom. The summed E-state index contributed by atoms with van der Waals surface area (Å²) < 4.78 is 0. The predicted octanol–water partition coefficient (Wildman–Crippen LogP) is 2.85. The van der Waals surface area contributed by atoms with Gasteiger partial charge in [0.15, 0.2) is 0 Å². The summed E-state index contributed by atoms with van der Waals surface area (Å²) in [5.41, 5.74) is 2.40. The van der Waals surface area contributed by atoms with Gasteiger partial charge in [-0.1, -0.05) is 13.8 Å². The van der Waals surface area contributed by atoms with Gasteiger partial charge in [0.2, 0.25) is 0 Å². The van der Waals surface area contributed by atoms with E-state index >= 15 is 0 Å². The lowest BCUT2D eigenvalue weighted by Gasteiger charge is -2.34. The van der Waals surface area contributed by atoms with Crippen LogP contribution in [0.1, 0.15) is 32.4 Å². The highest BCUT2D eigenvalue weighted by Gasteiger charge is 2.24. The average molecular weight is 190 g/mol. The fourth-order valence-electron chi connectivity index (χ4n) is 2.02. The minimum atomic E-state index is 0.692. The van der Waals surface area contributed by atoms with Crippen molar-refractivity contribution in [3.05, 3.63) is 24.0 Å². The van der Waals surface area contributed by atoms with Crippen LogP contribution < -0.4 is 5.32 Å². The first kappa shape index (κ1) is 9.50. The Morgan fingerprint density at radius 1 is 1.50 bits per heavy atom. The number of nitrogens with one attached hydrogen (secondary N) is 1. The van der Waals surface area contributed by atoms with E-state index in [9.17, 15) is 0 Å². The lowest BCUT2D eigenvalue weighted by atomic mass is 9.82. The Hall–Kier alpha value is -1.05. The molecule has 2 heteroatoms. The number of pyridine rings is 1. The fourth-order valence-corrected chi connectivity index (χ4v) is 2.02. The van der Waals surface area contributed by atoms with Crippen molar-refractivity contribution in [2.45, 2.75) is 39.2 Å². The molecule has 1 fully saturated rings. The van der Waals surface area contributed by atoms with E-state index in [4.69, 9.17) is 0 Å². The van der Waals surface area contributed by atoms with E-state index in [1.807, 2.05) is 6.20 Å². The van der Waals surface area contributed by atoms with Crippen molar-refractivity contribution in [3.63, 3.8) is 0 Å². The molecule has 2 nitrogen and oxygen atoms in total. The minimum absolute atomic E-state index is 0.692. The second kappa shape index (κ2) is 3.99. The minimum Gasteiger partial charge on any atom is -0.382 e. The number of nitrogens with zero attached hydrogens (tertiary/aromatic N) is 1. The molecule has 1 N–H and O–H groups in total. The maximum absolute atomic E-state index is 4.28. The van der Waals surface area contributed by atoms with Gasteiger partial charge in [0.05, 0.1) is 0 Å². The molecule has 1 saturated carbocycles. The predicted molar refractivity (Wildman–Crippen MR) is 59.4 cm³/mol. The van der Waals surface area contributed by atoms with Crippen LogP contribution in [0.2, 0.25) is 0 Å². The average Bonchev–Trinajstić information content (AvgIpc) is 2.16. The highest BCUT2D eigenvalue weighted by atomic mass is 14.9. The van der Waals surface area contributed by atoms with Gasteiger partial charge in [0, 0.05) is 23.6 Å². The third-order valence-electron chi connectivity index (χ3n) is 2.92. The smallest absolute Gasteiger partial charge is 0.0421 e. The van der Waals surface area contributed by atoms with Crippen LogP contribution in [0.5, 0.6) is 0 Å². The standard InChI is InChI=1S/C12H18N2/c1-3-10-8-11(4-5-13-10)14-12-6-9(2)7-12/h4-5,8-9,12H,3,6-7H2,1-2H3,(H,13,14). The van der Waals surface area contributed by atoms with E-state index in [2.05, 4.69) is 36.3 Å². The zero-order chi connectivity index (χ0) is 9.97. The van der Waals surface area contributed by atoms with E-state index in [0.29, 0.717) is 6.04 Å². The fraction of sp³-hybridized carbons (Fsp3) is 0.583. The highest BCUT2D eigenvalue weighted by molar-refractivity contribution is 5.44. The van der Waals surface area contributed by atoms with E-state index < -0.39 is 0 Å². The molecule has 0 saturated heterocycles. The molecule has 0 unspecified atom stereocenters. The molecule has 1 heterocycles. The largest absolute Gasteiger partial charge is 0.382 e. The van der Waals surface area contributed by atoms with Crippen LogP contribution >= 0.6 is 0 Å². The Kier molecular flexibility index (Phi) is 2.71. The molecule has 1 aliphatic carbocycles. The van der Waals surface area contributed by atoms with Crippen molar-refractivity contribution >= 4 is 5.69 Å². The normalized spacial score (nSPS) is 25.6. The number of hydrogen-bond acceptors (Lipinski definition) is 2. The number of aromatic nitrogens is 1. The number of aryl methyl sites for hydroxylation is 1. The zero-order valence-corrected chi connectivity index (χ0v) is 8.96. The summed E-state index contributed by atoms with van der Waals surface area (Å²) in [7, 11) is 0. The van der Waals surface area contributed by atoms with Crippen LogP contribution in [0.25, 0.3) is 0 Å². The van der Waals surface area contributed by atoms with Crippen LogP contribution in [-0.4, -0.2) is 11.0 Å². The topological polar surface area (TPSA) is 24.9 Å². The summed E-state index contributed by atoms with van der Waals surface area (Å²) in [6.07, 6.45) is 5.52. The molecule has 0 atom stereocenters. The molecular formula is C12H18N2. The quantitative estimate of drug-likeness (QED) is 0.792. The van der Waals surface area contributed by atoms with Crippen molar-refractivity contribution in [1.82, 2.24) is 4.98 Å². The van der Waals surface area contributed by atoms with E-state index in [1.54, 1.807) is 0 Å². The Bertz CT molecular complexity index is 303. The third-order valence-corrected chi connectivity index (χ3v) is 2.92. The number of anilines is 1. The van der Waals surface area contributed by atoms with Crippen molar-refractivity contribution in [2.75, 3.05) is 5.32 Å².